The van der Waals surface area contributed by atoms with Crippen molar-refractivity contribution in [3.05, 3.63) is 71.8 Å². The van der Waals surface area contributed by atoms with Crippen molar-refractivity contribution in [2.24, 2.45) is 5.73 Å². The van der Waals surface area contributed by atoms with Crippen LogP contribution in [0, 0.1) is 0 Å². The number of carbonyl (C=O) groups excluding carboxylic acids is 1. The number of benzene rings is 2. The molecule has 0 aliphatic rings. The second-order valence-electron chi connectivity index (χ2n) is 5.51. The highest BCUT2D eigenvalue weighted by atomic mass is 16.1. The molecule has 0 saturated carbocycles. The van der Waals surface area contributed by atoms with Crippen LogP contribution in [0.25, 0.3) is 0 Å². The second kappa shape index (κ2) is 9.00. The standard InChI is InChI=1S/C19H24N2O/c20-19(22)14-15-21-18(17-11-5-2-6-12-17)13-7-10-16-8-3-1-4-9-16/h1-6,8-9,11-12,18,21H,7,10,13-15H2,(H2,20,22). The van der Waals surface area contributed by atoms with Gasteiger partial charge >= 0.3 is 0 Å². The van der Waals surface area contributed by atoms with Crippen molar-refractivity contribution in [2.45, 2.75) is 31.7 Å². The quantitative estimate of drug-likeness (QED) is 0.746. The average Bonchev–Trinajstić information content (AvgIpc) is 2.55. The number of nitrogens with two attached hydrogens (primary N) is 1. The molecule has 0 aromatic heterocycles. The lowest BCUT2D eigenvalue weighted by atomic mass is 9.99. The minimum Gasteiger partial charge on any atom is -0.370 e. The number of rotatable bonds is 9. The summed E-state index contributed by atoms with van der Waals surface area (Å²) in [7, 11) is 0. The van der Waals surface area contributed by atoms with Crippen molar-refractivity contribution in [2.75, 3.05) is 6.54 Å². The predicted molar refractivity (Wildman–Crippen MR) is 90.4 cm³/mol. The van der Waals surface area contributed by atoms with Gasteiger partial charge in [-0.15, -0.1) is 0 Å². The van der Waals surface area contributed by atoms with E-state index in [2.05, 4.69) is 53.8 Å². The molecular weight excluding hydrogens is 272 g/mol. The fourth-order valence-corrected chi connectivity index (χ4v) is 2.60. The molecule has 2 aromatic rings. The number of carbonyl (C=O) groups is 1. The first-order valence-corrected chi connectivity index (χ1v) is 7.86. The summed E-state index contributed by atoms with van der Waals surface area (Å²) in [6, 6.07) is 21.2. The van der Waals surface area contributed by atoms with E-state index < -0.39 is 0 Å². The van der Waals surface area contributed by atoms with Gasteiger partial charge in [-0.2, -0.15) is 0 Å². The molecule has 2 aromatic carbocycles. The molecule has 0 spiro atoms. The summed E-state index contributed by atoms with van der Waals surface area (Å²) < 4.78 is 0. The molecule has 116 valence electrons. The Balaban J connectivity index is 1.88. The van der Waals surface area contributed by atoms with Gasteiger partial charge in [-0.1, -0.05) is 60.7 Å². The van der Waals surface area contributed by atoms with Gasteiger partial charge in [-0.3, -0.25) is 4.79 Å². The van der Waals surface area contributed by atoms with E-state index in [0.717, 1.165) is 19.3 Å². The van der Waals surface area contributed by atoms with Gasteiger partial charge in [0, 0.05) is 19.0 Å². The number of aryl methyl sites for hydroxylation is 1. The van der Waals surface area contributed by atoms with E-state index in [9.17, 15) is 4.79 Å². The van der Waals surface area contributed by atoms with E-state index in [1.54, 1.807) is 0 Å². The highest BCUT2D eigenvalue weighted by molar-refractivity contribution is 5.73. The monoisotopic (exact) mass is 296 g/mol. The molecular formula is C19H24N2O. The van der Waals surface area contributed by atoms with Crippen molar-refractivity contribution in [1.29, 1.82) is 0 Å². The molecule has 22 heavy (non-hydrogen) atoms. The Morgan fingerprint density at radius 3 is 2.27 bits per heavy atom. The summed E-state index contributed by atoms with van der Waals surface area (Å²) in [6.07, 6.45) is 3.59. The summed E-state index contributed by atoms with van der Waals surface area (Å²) in [5, 5.41) is 3.45. The topological polar surface area (TPSA) is 55.1 Å². The van der Waals surface area contributed by atoms with Gasteiger partial charge in [0.15, 0.2) is 0 Å². The zero-order valence-electron chi connectivity index (χ0n) is 12.9. The molecule has 3 heteroatoms. The Morgan fingerprint density at radius 2 is 1.64 bits per heavy atom. The minimum absolute atomic E-state index is 0.261. The van der Waals surface area contributed by atoms with Gasteiger partial charge in [-0.05, 0) is 30.4 Å². The van der Waals surface area contributed by atoms with Crippen LogP contribution in [0.3, 0.4) is 0 Å². The SMILES string of the molecule is NC(=O)CCNC(CCCc1ccccc1)c1ccccc1. The van der Waals surface area contributed by atoms with Crippen molar-refractivity contribution in [1.82, 2.24) is 5.32 Å². The summed E-state index contributed by atoms with van der Waals surface area (Å²) in [6.45, 7) is 0.625. The van der Waals surface area contributed by atoms with Crippen LogP contribution in [0.2, 0.25) is 0 Å². The Morgan fingerprint density at radius 1 is 1.00 bits per heavy atom. The maximum Gasteiger partial charge on any atom is 0.218 e. The molecule has 0 radical (unpaired) electrons. The summed E-state index contributed by atoms with van der Waals surface area (Å²) in [5.74, 6) is -0.261. The van der Waals surface area contributed by atoms with Crippen molar-refractivity contribution < 1.29 is 4.79 Å². The van der Waals surface area contributed by atoms with Gasteiger partial charge in [0.25, 0.3) is 0 Å². The molecule has 0 bridgehead atoms. The molecule has 3 N–H and O–H groups in total. The molecule has 0 saturated heterocycles. The molecule has 0 aliphatic heterocycles. The zero-order chi connectivity index (χ0) is 15.6. The van der Waals surface area contributed by atoms with Crippen LogP contribution in [0.5, 0.6) is 0 Å². The fourth-order valence-electron chi connectivity index (χ4n) is 2.60. The van der Waals surface area contributed by atoms with Crippen LogP contribution in [0.1, 0.15) is 36.4 Å². The Labute approximate surface area is 132 Å². The largest absolute Gasteiger partial charge is 0.370 e. The molecule has 0 aliphatic carbocycles. The van der Waals surface area contributed by atoms with Gasteiger partial charge in [0.05, 0.1) is 0 Å². The zero-order valence-corrected chi connectivity index (χ0v) is 12.9. The van der Waals surface area contributed by atoms with Crippen molar-refractivity contribution >= 4 is 5.91 Å². The first-order valence-electron chi connectivity index (χ1n) is 7.86. The third-order valence-corrected chi connectivity index (χ3v) is 3.77. The number of amides is 1. The summed E-state index contributed by atoms with van der Waals surface area (Å²) in [5.41, 5.74) is 7.85. The molecule has 1 unspecified atom stereocenters. The van der Waals surface area contributed by atoms with Gasteiger partial charge in [0.2, 0.25) is 5.91 Å². The maximum atomic E-state index is 10.9. The number of primary amides is 1. The van der Waals surface area contributed by atoms with Crippen LogP contribution < -0.4 is 11.1 Å². The van der Waals surface area contributed by atoms with E-state index >= 15 is 0 Å². The van der Waals surface area contributed by atoms with E-state index in [-0.39, 0.29) is 11.9 Å². The van der Waals surface area contributed by atoms with E-state index in [0.29, 0.717) is 13.0 Å². The molecule has 1 atom stereocenters. The van der Waals surface area contributed by atoms with Crippen molar-refractivity contribution in [3.8, 4) is 0 Å². The minimum atomic E-state index is -0.261. The molecule has 0 fully saturated rings. The number of hydrogen-bond acceptors (Lipinski definition) is 2. The third-order valence-electron chi connectivity index (χ3n) is 3.77. The van der Waals surface area contributed by atoms with E-state index in [1.165, 1.54) is 11.1 Å². The lowest BCUT2D eigenvalue weighted by molar-refractivity contribution is -0.117. The normalized spacial score (nSPS) is 12.0. The second-order valence-corrected chi connectivity index (χ2v) is 5.51. The smallest absolute Gasteiger partial charge is 0.218 e. The molecule has 1 amide bonds. The lowest BCUT2D eigenvalue weighted by Gasteiger charge is -2.19. The fraction of sp³-hybridized carbons (Fsp3) is 0.316. The highest BCUT2D eigenvalue weighted by Crippen LogP contribution is 2.19. The van der Waals surface area contributed by atoms with Crippen LogP contribution >= 0.6 is 0 Å². The number of hydrogen-bond donors (Lipinski definition) is 2. The number of nitrogens with one attached hydrogen (secondary N) is 1. The lowest BCUT2D eigenvalue weighted by Crippen LogP contribution is -2.26. The molecule has 3 nitrogen and oxygen atoms in total. The van der Waals surface area contributed by atoms with Crippen LogP contribution in [-0.4, -0.2) is 12.5 Å². The Bertz CT molecular complexity index is 554. The predicted octanol–water partition coefficient (Wildman–Crippen LogP) is 3.22. The van der Waals surface area contributed by atoms with E-state index in [1.807, 2.05) is 12.1 Å². The van der Waals surface area contributed by atoms with Gasteiger partial charge in [-0.25, -0.2) is 0 Å². The van der Waals surface area contributed by atoms with E-state index in [4.69, 9.17) is 5.73 Å². The van der Waals surface area contributed by atoms with Crippen LogP contribution in [-0.2, 0) is 11.2 Å². The van der Waals surface area contributed by atoms with Crippen molar-refractivity contribution in [3.63, 3.8) is 0 Å². The van der Waals surface area contributed by atoms with Crippen LogP contribution in [0.4, 0.5) is 0 Å². The maximum absolute atomic E-state index is 10.9. The Kier molecular flexibility index (Phi) is 6.65. The molecule has 2 rings (SSSR count). The summed E-state index contributed by atoms with van der Waals surface area (Å²) in [4.78, 5) is 10.9. The highest BCUT2D eigenvalue weighted by Gasteiger charge is 2.10. The third kappa shape index (κ3) is 5.70. The first kappa shape index (κ1) is 16.2. The van der Waals surface area contributed by atoms with Crippen LogP contribution in [0.15, 0.2) is 60.7 Å². The average molecular weight is 296 g/mol. The molecule has 0 heterocycles. The van der Waals surface area contributed by atoms with Gasteiger partial charge in [0.1, 0.15) is 0 Å². The summed E-state index contributed by atoms with van der Waals surface area (Å²) >= 11 is 0. The first-order chi connectivity index (χ1) is 10.8. The Hall–Kier alpha value is -2.13. The van der Waals surface area contributed by atoms with Gasteiger partial charge < -0.3 is 11.1 Å².